The molecule has 0 aromatic carbocycles. The van der Waals surface area contributed by atoms with Crippen molar-refractivity contribution in [3.05, 3.63) is 24.3 Å². The Hall–Kier alpha value is -2.66. The molecule has 0 amide bonds. The van der Waals surface area contributed by atoms with Gasteiger partial charge in [-0.1, -0.05) is 34.7 Å². The fourth-order valence-electron chi connectivity index (χ4n) is 5.30. The standard InChI is InChI=1S/C54H98O26S2/c1-49(2)53(57)79-45-41-75-37-33-71-29-25-67-21-17-63-13-9-59-7-11-61-15-19-65-23-27-69-31-35-73-39-43-77-51(55)5-47-81-82-48-6-52(56)78-44-40-74-36-32-70-28-24-66-20-16-62-12-8-60-10-14-64-18-22-68-26-30-72-34-38-76-42-46-80-54(58)50(3)4/h1,3,5-48H2,2,4H3. The van der Waals surface area contributed by atoms with Gasteiger partial charge < -0.3 is 104 Å². The van der Waals surface area contributed by atoms with Crippen LogP contribution in [0.1, 0.15) is 26.7 Å². The van der Waals surface area contributed by atoms with E-state index in [0.717, 1.165) is 0 Å². The highest BCUT2D eigenvalue weighted by molar-refractivity contribution is 8.76. The molecule has 0 saturated heterocycles. The minimum atomic E-state index is -0.425. The maximum atomic E-state index is 12.0. The van der Waals surface area contributed by atoms with Gasteiger partial charge in [-0.15, -0.1) is 0 Å². The molecular formula is C54H98O26S2. The third kappa shape index (κ3) is 66.5. The van der Waals surface area contributed by atoms with Crippen molar-refractivity contribution < 1.29 is 123 Å². The Labute approximate surface area is 493 Å². The van der Waals surface area contributed by atoms with Crippen molar-refractivity contribution in [2.24, 2.45) is 0 Å². The highest BCUT2D eigenvalue weighted by Crippen LogP contribution is 2.23. The van der Waals surface area contributed by atoms with Gasteiger partial charge in [-0.2, -0.15) is 0 Å². The summed E-state index contributed by atoms with van der Waals surface area (Å²) < 4.78 is 118. The summed E-state index contributed by atoms with van der Waals surface area (Å²) in [6.45, 7) is 26.1. The first-order chi connectivity index (χ1) is 40.2. The van der Waals surface area contributed by atoms with Crippen LogP contribution in [-0.2, 0) is 123 Å². The van der Waals surface area contributed by atoms with Gasteiger partial charge in [0.25, 0.3) is 0 Å². The Bertz CT molecular complexity index is 1350. The predicted molar refractivity (Wildman–Crippen MR) is 302 cm³/mol. The molecule has 82 heavy (non-hydrogen) atoms. The first kappa shape index (κ1) is 79.3. The van der Waals surface area contributed by atoms with Gasteiger partial charge in [-0.05, 0) is 13.8 Å². The second-order valence-electron chi connectivity index (χ2n) is 16.4. The zero-order valence-electron chi connectivity index (χ0n) is 49.0. The largest absolute Gasteiger partial charge is 0.463 e. The van der Waals surface area contributed by atoms with Crippen molar-refractivity contribution >= 4 is 45.5 Å². The lowest BCUT2D eigenvalue weighted by Crippen LogP contribution is -2.16. The van der Waals surface area contributed by atoms with Crippen LogP contribution >= 0.6 is 21.6 Å². The van der Waals surface area contributed by atoms with Gasteiger partial charge in [0.05, 0.1) is 251 Å². The normalized spacial score (nSPS) is 11.3. The SMILES string of the molecule is C=C(C)C(=O)OCCOCCOCCOCCOCCOCCOCCOCCOCCOCCOC(=O)CCSSCCC(=O)OCCOCCOCCOCCOCCOCCOCCOCCOCCOCCOC(=O)C(=C)C. The molecule has 0 bridgehead atoms. The van der Waals surface area contributed by atoms with E-state index in [1.54, 1.807) is 13.8 Å². The number of carbonyl (C=O) groups excluding carboxylic acids is 4. The van der Waals surface area contributed by atoms with Crippen molar-refractivity contribution in [1.82, 2.24) is 0 Å². The smallest absolute Gasteiger partial charge is 0.333 e. The van der Waals surface area contributed by atoms with Gasteiger partial charge in [-0.25, -0.2) is 9.59 Å². The first-order valence-corrected chi connectivity index (χ1v) is 30.3. The minimum absolute atomic E-state index is 0.164. The van der Waals surface area contributed by atoms with Crippen molar-refractivity contribution in [1.29, 1.82) is 0 Å². The fraction of sp³-hybridized carbons (Fsp3) is 0.852. The third-order valence-electron chi connectivity index (χ3n) is 9.41. The molecule has 0 radical (unpaired) electrons. The summed E-state index contributed by atoms with van der Waals surface area (Å²) in [5, 5.41) is 0. The zero-order valence-corrected chi connectivity index (χ0v) is 50.6. The number of ether oxygens (including phenoxy) is 22. The molecule has 0 heterocycles. The van der Waals surface area contributed by atoms with E-state index in [0.29, 0.717) is 247 Å². The predicted octanol–water partition coefficient (Wildman–Crippen LogP) is 2.77. The van der Waals surface area contributed by atoms with E-state index >= 15 is 0 Å². The van der Waals surface area contributed by atoms with Crippen LogP contribution in [0.15, 0.2) is 24.3 Å². The van der Waals surface area contributed by atoms with Gasteiger partial charge in [0.15, 0.2) is 0 Å². The van der Waals surface area contributed by atoms with Crippen LogP contribution in [0.4, 0.5) is 0 Å². The molecule has 0 saturated carbocycles. The zero-order chi connectivity index (χ0) is 59.5. The molecule has 0 N–H and O–H groups in total. The van der Waals surface area contributed by atoms with Gasteiger partial charge in [-0.3, -0.25) is 9.59 Å². The summed E-state index contributed by atoms with van der Waals surface area (Å²) in [4.78, 5) is 46.4. The lowest BCUT2D eigenvalue weighted by Gasteiger charge is -2.09. The molecule has 0 aliphatic rings. The average Bonchev–Trinajstić information content (AvgIpc) is 3.46. The van der Waals surface area contributed by atoms with Crippen molar-refractivity contribution in [2.75, 3.05) is 276 Å². The molecule has 26 nitrogen and oxygen atoms in total. The van der Waals surface area contributed by atoms with Gasteiger partial charge in [0, 0.05) is 22.7 Å². The molecule has 0 aliphatic carbocycles. The van der Waals surface area contributed by atoms with Crippen LogP contribution < -0.4 is 0 Å². The van der Waals surface area contributed by atoms with E-state index < -0.39 is 11.9 Å². The highest BCUT2D eigenvalue weighted by Gasteiger charge is 2.08. The van der Waals surface area contributed by atoms with E-state index in [9.17, 15) is 19.2 Å². The molecule has 28 heteroatoms. The van der Waals surface area contributed by atoms with Crippen LogP contribution in [0.3, 0.4) is 0 Å². The van der Waals surface area contributed by atoms with Crippen LogP contribution in [0.2, 0.25) is 0 Å². The van der Waals surface area contributed by atoms with Crippen molar-refractivity contribution in [2.45, 2.75) is 26.7 Å². The molecule has 0 aliphatic heterocycles. The Kier molecular flexibility index (Phi) is 65.3. The number of esters is 4. The van der Waals surface area contributed by atoms with Gasteiger partial charge in [0.2, 0.25) is 0 Å². The Morgan fingerprint density at radius 1 is 0.232 bits per heavy atom. The summed E-state index contributed by atoms with van der Waals surface area (Å²) in [7, 11) is 2.99. The summed E-state index contributed by atoms with van der Waals surface area (Å²) >= 11 is 0. The fourth-order valence-corrected chi connectivity index (χ4v) is 7.24. The molecule has 0 fully saturated rings. The average molecular weight is 1230 g/mol. The third-order valence-corrected chi connectivity index (χ3v) is 11.8. The Balaban J connectivity index is 3.23. The molecule has 0 unspecified atom stereocenters. The van der Waals surface area contributed by atoms with E-state index in [2.05, 4.69) is 13.2 Å². The van der Waals surface area contributed by atoms with E-state index in [1.165, 1.54) is 21.6 Å². The monoisotopic (exact) mass is 1230 g/mol. The highest BCUT2D eigenvalue weighted by atomic mass is 33.1. The molecule has 0 aromatic rings. The number of carbonyl (C=O) groups is 4. The molecule has 482 valence electrons. The summed E-state index contributed by atoms with van der Waals surface area (Å²) in [5.74, 6) is -0.335. The van der Waals surface area contributed by atoms with E-state index in [-0.39, 0.29) is 64.4 Å². The second-order valence-corrected chi connectivity index (χ2v) is 19.1. The molecule has 0 spiro atoms. The van der Waals surface area contributed by atoms with Gasteiger partial charge >= 0.3 is 23.9 Å². The number of hydrogen-bond donors (Lipinski definition) is 0. The molecule has 0 atom stereocenters. The second kappa shape index (κ2) is 67.5. The quantitative estimate of drug-likeness (QED) is 0.0278. The summed E-state index contributed by atoms with van der Waals surface area (Å²) in [6.07, 6.45) is 0.517. The topological polar surface area (TPSA) is 271 Å². The van der Waals surface area contributed by atoms with E-state index in [4.69, 9.17) is 104 Å². The maximum Gasteiger partial charge on any atom is 0.333 e. The van der Waals surface area contributed by atoms with Crippen molar-refractivity contribution in [3.63, 3.8) is 0 Å². The summed E-state index contributed by atoms with van der Waals surface area (Å²) in [5.41, 5.74) is 0.716. The molecule has 0 rings (SSSR count). The van der Waals surface area contributed by atoms with Crippen LogP contribution in [0, 0.1) is 0 Å². The first-order valence-electron chi connectivity index (χ1n) is 27.8. The van der Waals surface area contributed by atoms with E-state index in [1.807, 2.05) is 0 Å². The van der Waals surface area contributed by atoms with Crippen LogP contribution in [0.5, 0.6) is 0 Å². The summed E-state index contributed by atoms with van der Waals surface area (Å²) in [6, 6.07) is 0. The number of rotatable bonds is 69. The number of hydrogen-bond acceptors (Lipinski definition) is 28. The van der Waals surface area contributed by atoms with Crippen LogP contribution in [0.25, 0.3) is 0 Å². The molecular weight excluding hydrogens is 1130 g/mol. The van der Waals surface area contributed by atoms with Gasteiger partial charge in [0.1, 0.15) is 26.4 Å². The molecule has 0 aromatic heterocycles. The Morgan fingerprint density at radius 3 is 0.512 bits per heavy atom. The maximum absolute atomic E-state index is 12.0. The minimum Gasteiger partial charge on any atom is -0.463 e. The Morgan fingerprint density at radius 2 is 0.366 bits per heavy atom. The van der Waals surface area contributed by atoms with Crippen LogP contribution in [-0.4, -0.2) is 300 Å². The lowest BCUT2D eigenvalue weighted by molar-refractivity contribution is -0.145. The van der Waals surface area contributed by atoms with Crippen molar-refractivity contribution in [3.8, 4) is 0 Å². The lowest BCUT2D eigenvalue weighted by atomic mass is 10.4.